The molecule has 0 radical (unpaired) electrons. The maximum absolute atomic E-state index is 10.8. The molecule has 0 aliphatic heterocycles. The molecule has 4 nitrogen and oxygen atoms in total. The Morgan fingerprint density at radius 1 is 1.42 bits per heavy atom. The van der Waals surface area contributed by atoms with E-state index in [1.165, 1.54) is 6.92 Å². The van der Waals surface area contributed by atoms with Crippen LogP contribution in [0.1, 0.15) is 13.8 Å². The second-order valence-corrected chi connectivity index (χ2v) is 2.02. The third kappa shape index (κ3) is 2.46. The summed E-state index contributed by atoms with van der Waals surface area (Å²) >= 11 is 0. The van der Waals surface area contributed by atoms with E-state index in [9.17, 15) is 9.59 Å². The summed E-state index contributed by atoms with van der Waals surface area (Å²) in [6, 6.07) is 0. The number of rotatable bonds is 2. The largest absolute Gasteiger partial charge is 0.512 e. The molecular formula is C8H8O4. The van der Waals surface area contributed by atoms with E-state index >= 15 is 0 Å². The number of carbonyl (C=O) groups excluding carboxylic acids is 2. The summed E-state index contributed by atoms with van der Waals surface area (Å²) in [5, 5.41) is 8.87. The van der Waals surface area contributed by atoms with Crippen molar-refractivity contribution in [1.29, 1.82) is 0 Å². The summed E-state index contributed by atoms with van der Waals surface area (Å²) in [4.78, 5) is 21.5. The van der Waals surface area contributed by atoms with E-state index in [1.54, 1.807) is 6.11 Å². The number of allylic oxidation sites excluding steroid dienone is 1. The fourth-order valence-electron chi connectivity index (χ4n) is 0.651. The third-order valence-electron chi connectivity index (χ3n) is 1.07. The van der Waals surface area contributed by atoms with Gasteiger partial charge < -0.3 is 9.84 Å². The zero-order chi connectivity index (χ0) is 9.72. The molecule has 1 N–H and O–H groups in total. The lowest BCUT2D eigenvalue weighted by Gasteiger charge is -1.99. The van der Waals surface area contributed by atoms with Crippen LogP contribution in [0, 0.1) is 12.5 Å². The first-order valence-corrected chi connectivity index (χ1v) is 3.08. The summed E-state index contributed by atoms with van der Waals surface area (Å²) in [6.45, 7) is 2.33. The van der Waals surface area contributed by atoms with Crippen LogP contribution >= 0.6 is 0 Å². The molecule has 0 aromatic rings. The van der Waals surface area contributed by atoms with Gasteiger partial charge in [0.05, 0.1) is 0 Å². The van der Waals surface area contributed by atoms with E-state index in [0.29, 0.717) is 0 Å². The van der Waals surface area contributed by atoms with Gasteiger partial charge in [0.1, 0.15) is 17.4 Å². The lowest BCUT2D eigenvalue weighted by molar-refractivity contribution is -0.134. The van der Waals surface area contributed by atoms with Crippen LogP contribution in [0.3, 0.4) is 0 Å². The van der Waals surface area contributed by atoms with Crippen molar-refractivity contribution in [2.45, 2.75) is 13.8 Å². The van der Waals surface area contributed by atoms with Gasteiger partial charge in [-0.15, -0.1) is 0 Å². The maximum atomic E-state index is 10.8. The van der Waals surface area contributed by atoms with Crippen molar-refractivity contribution in [2.75, 3.05) is 0 Å². The average Bonchev–Trinajstić information content (AvgIpc) is 1.85. The topological polar surface area (TPSA) is 63.6 Å². The van der Waals surface area contributed by atoms with Crippen LogP contribution in [0.25, 0.3) is 0 Å². The van der Waals surface area contributed by atoms with Gasteiger partial charge in [0.15, 0.2) is 5.78 Å². The Morgan fingerprint density at radius 2 is 1.92 bits per heavy atom. The van der Waals surface area contributed by atoms with Gasteiger partial charge in [-0.1, -0.05) is 6.42 Å². The molecule has 0 fully saturated rings. The number of ketones is 1. The lowest BCUT2D eigenvalue weighted by Crippen LogP contribution is -2.13. The molecule has 0 heterocycles. The van der Waals surface area contributed by atoms with E-state index in [-0.39, 0.29) is 0 Å². The summed E-state index contributed by atoms with van der Waals surface area (Å²) < 4.78 is 4.08. The molecule has 0 aliphatic rings. The van der Waals surface area contributed by atoms with Gasteiger partial charge in [-0.05, 0) is 13.8 Å². The fourth-order valence-corrected chi connectivity index (χ4v) is 0.651. The van der Waals surface area contributed by atoms with Crippen LogP contribution < -0.4 is 0 Å². The number of aliphatic hydroxyl groups is 1. The molecular weight excluding hydrogens is 160 g/mol. The molecule has 0 unspecified atom stereocenters. The molecule has 0 saturated carbocycles. The Hall–Kier alpha value is -1.76. The zero-order valence-corrected chi connectivity index (χ0v) is 6.75. The normalized spacial score (nSPS) is 11.1. The highest BCUT2D eigenvalue weighted by molar-refractivity contribution is 6.16. The van der Waals surface area contributed by atoms with E-state index in [2.05, 4.69) is 11.2 Å². The van der Waals surface area contributed by atoms with E-state index in [0.717, 1.165) is 6.92 Å². The summed E-state index contributed by atoms with van der Waals surface area (Å²) in [5.74, 6) is -2.00. The summed E-state index contributed by atoms with van der Waals surface area (Å²) in [7, 11) is 0. The number of esters is 1. The molecule has 0 saturated heterocycles. The van der Waals surface area contributed by atoms with Gasteiger partial charge in [-0.3, -0.25) is 4.79 Å². The van der Waals surface area contributed by atoms with Gasteiger partial charge in [0.25, 0.3) is 0 Å². The maximum Gasteiger partial charge on any atom is 0.359 e. The van der Waals surface area contributed by atoms with Crippen molar-refractivity contribution < 1.29 is 19.4 Å². The molecule has 0 aromatic heterocycles. The van der Waals surface area contributed by atoms with Gasteiger partial charge in [-0.25, -0.2) is 4.79 Å². The Morgan fingerprint density at radius 3 is 2.17 bits per heavy atom. The zero-order valence-electron chi connectivity index (χ0n) is 6.75. The molecule has 12 heavy (non-hydrogen) atoms. The molecule has 0 spiro atoms. The standard InChI is InChI=1S/C8H8O4/c1-4-12-8(11)7(5(2)9)6(3)10/h1,9H,2-3H3/b7-5+. The van der Waals surface area contributed by atoms with E-state index < -0.39 is 23.1 Å². The van der Waals surface area contributed by atoms with Crippen molar-refractivity contribution in [3.05, 3.63) is 11.3 Å². The number of hydrogen-bond donors (Lipinski definition) is 1. The summed E-state index contributed by atoms with van der Waals surface area (Å²) in [6.07, 6.45) is 6.27. The van der Waals surface area contributed by atoms with Gasteiger partial charge >= 0.3 is 5.97 Å². The number of Topliss-reactive ketones (excluding diaryl/α,β-unsaturated/α-hetero) is 1. The number of hydrogen-bond acceptors (Lipinski definition) is 4. The number of aliphatic hydroxyl groups excluding tert-OH is 1. The predicted octanol–water partition coefficient (Wildman–Crippen LogP) is 0.541. The van der Waals surface area contributed by atoms with Gasteiger partial charge in [0.2, 0.25) is 0 Å². The van der Waals surface area contributed by atoms with E-state index in [4.69, 9.17) is 5.11 Å². The number of ether oxygens (including phenoxy) is 1. The molecule has 4 heteroatoms. The minimum Gasteiger partial charge on any atom is -0.512 e. The minimum absolute atomic E-state index is 0.400. The Labute approximate surface area is 69.8 Å². The second-order valence-electron chi connectivity index (χ2n) is 2.02. The van der Waals surface area contributed by atoms with Crippen LogP contribution in [-0.2, 0) is 14.3 Å². The highest BCUT2D eigenvalue weighted by atomic mass is 16.5. The predicted molar refractivity (Wildman–Crippen MR) is 40.9 cm³/mol. The van der Waals surface area contributed by atoms with E-state index in [1.807, 2.05) is 0 Å². The van der Waals surface area contributed by atoms with Crippen molar-refractivity contribution in [3.63, 3.8) is 0 Å². The van der Waals surface area contributed by atoms with Crippen molar-refractivity contribution in [2.24, 2.45) is 0 Å². The molecule has 0 rings (SSSR count). The number of carbonyl (C=O) groups is 2. The SMILES string of the molecule is C#COC(=O)/C(C(C)=O)=C(\C)O. The molecule has 0 bridgehead atoms. The second kappa shape index (κ2) is 4.19. The Bertz CT molecular complexity index is 276. The quantitative estimate of drug-likeness (QED) is 0.163. The van der Waals surface area contributed by atoms with Gasteiger partial charge in [0, 0.05) is 0 Å². The molecule has 0 aliphatic carbocycles. The lowest BCUT2D eigenvalue weighted by atomic mass is 10.1. The first kappa shape index (κ1) is 10.2. The minimum atomic E-state index is -1.01. The van der Waals surface area contributed by atoms with Crippen molar-refractivity contribution in [1.82, 2.24) is 0 Å². The number of terminal acetylenes is 1. The third-order valence-corrected chi connectivity index (χ3v) is 1.07. The molecule has 0 amide bonds. The van der Waals surface area contributed by atoms with Crippen LogP contribution in [0.4, 0.5) is 0 Å². The van der Waals surface area contributed by atoms with Crippen LogP contribution in [0.15, 0.2) is 11.3 Å². The van der Waals surface area contributed by atoms with Crippen LogP contribution in [0.2, 0.25) is 0 Å². The smallest absolute Gasteiger partial charge is 0.359 e. The van der Waals surface area contributed by atoms with Crippen LogP contribution in [0.5, 0.6) is 0 Å². The Kier molecular flexibility index (Phi) is 3.57. The van der Waals surface area contributed by atoms with Crippen LogP contribution in [-0.4, -0.2) is 16.9 Å². The first-order chi connectivity index (χ1) is 5.50. The molecule has 64 valence electrons. The highest BCUT2D eigenvalue weighted by Crippen LogP contribution is 2.04. The monoisotopic (exact) mass is 168 g/mol. The summed E-state index contributed by atoms with van der Waals surface area (Å²) in [5.41, 5.74) is -0.423. The van der Waals surface area contributed by atoms with Crippen molar-refractivity contribution in [3.8, 4) is 12.5 Å². The highest BCUT2D eigenvalue weighted by Gasteiger charge is 2.18. The Balaban J connectivity index is 4.82. The molecule has 0 aromatic carbocycles. The average molecular weight is 168 g/mol. The molecule has 0 atom stereocenters. The van der Waals surface area contributed by atoms with Gasteiger partial charge in [-0.2, -0.15) is 0 Å². The fraction of sp³-hybridized carbons (Fsp3) is 0.250. The first-order valence-electron chi connectivity index (χ1n) is 3.08. The van der Waals surface area contributed by atoms with Crippen molar-refractivity contribution >= 4 is 11.8 Å².